The molecular weight excluding hydrogens is 350 g/mol. The Bertz CT molecular complexity index is 811. The number of likely N-dealkylation sites (tertiary alicyclic amines) is 1. The van der Waals surface area contributed by atoms with Crippen molar-refractivity contribution in [3.05, 3.63) is 65.2 Å². The van der Waals surface area contributed by atoms with Crippen LogP contribution < -0.4 is 15.5 Å². The number of anilines is 1. The van der Waals surface area contributed by atoms with E-state index < -0.39 is 0 Å². The molecule has 1 fully saturated rings. The van der Waals surface area contributed by atoms with Gasteiger partial charge in [-0.1, -0.05) is 24.3 Å². The number of quaternary nitrogens is 2. The fraction of sp³-hybridized carbons (Fsp3) is 0.391. The SMILES string of the molecule is CC(=O)c1ccc(NC(=O)[C@@H](C)[NH2+]Cc2ccccc2C[NH+]2CCCC2)cc1. The van der Waals surface area contributed by atoms with Crippen LogP contribution in [0.1, 0.15) is 48.2 Å². The average molecular weight is 382 g/mol. The minimum absolute atomic E-state index is 0.0222. The third kappa shape index (κ3) is 5.50. The van der Waals surface area contributed by atoms with Gasteiger partial charge in [0, 0.05) is 35.2 Å². The number of rotatable bonds is 8. The van der Waals surface area contributed by atoms with Gasteiger partial charge in [-0.2, -0.15) is 0 Å². The van der Waals surface area contributed by atoms with Crippen LogP contribution in [0.5, 0.6) is 0 Å². The minimum Gasteiger partial charge on any atom is -0.332 e. The topological polar surface area (TPSA) is 67.2 Å². The maximum absolute atomic E-state index is 12.5. The highest BCUT2D eigenvalue weighted by molar-refractivity contribution is 5.96. The van der Waals surface area contributed by atoms with Crippen molar-refractivity contribution in [3.63, 3.8) is 0 Å². The first kappa shape index (κ1) is 20.2. The molecule has 0 bridgehead atoms. The zero-order chi connectivity index (χ0) is 19.9. The molecule has 1 saturated heterocycles. The Balaban J connectivity index is 1.54. The molecule has 28 heavy (non-hydrogen) atoms. The van der Waals surface area contributed by atoms with Gasteiger partial charge in [0.2, 0.25) is 0 Å². The van der Waals surface area contributed by atoms with E-state index in [2.05, 4.69) is 34.9 Å². The number of carbonyl (C=O) groups excluding carboxylic acids is 2. The maximum Gasteiger partial charge on any atom is 0.282 e. The van der Waals surface area contributed by atoms with Crippen molar-refractivity contribution in [2.45, 2.75) is 45.8 Å². The molecule has 0 aromatic heterocycles. The Hall–Kier alpha value is -2.50. The highest BCUT2D eigenvalue weighted by Crippen LogP contribution is 2.10. The van der Waals surface area contributed by atoms with Crippen LogP contribution in [0.15, 0.2) is 48.5 Å². The van der Waals surface area contributed by atoms with E-state index in [1.54, 1.807) is 29.2 Å². The Labute approximate surface area is 167 Å². The predicted octanol–water partition coefficient (Wildman–Crippen LogP) is 1.16. The van der Waals surface area contributed by atoms with E-state index in [-0.39, 0.29) is 17.7 Å². The highest BCUT2D eigenvalue weighted by Gasteiger charge is 2.20. The first-order valence-corrected chi connectivity index (χ1v) is 10.2. The van der Waals surface area contributed by atoms with Crippen LogP contribution in [0, 0.1) is 0 Å². The smallest absolute Gasteiger partial charge is 0.282 e. The first-order valence-electron chi connectivity index (χ1n) is 10.2. The second-order valence-electron chi connectivity index (χ2n) is 7.75. The maximum atomic E-state index is 12.5. The Morgan fingerprint density at radius 2 is 1.68 bits per heavy atom. The summed E-state index contributed by atoms with van der Waals surface area (Å²) < 4.78 is 0. The molecule has 2 aromatic rings. The third-order valence-corrected chi connectivity index (χ3v) is 5.53. The van der Waals surface area contributed by atoms with E-state index in [4.69, 9.17) is 0 Å². The van der Waals surface area contributed by atoms with Crippen LogP contribution in [0.2, 0.25) is 0 Å². The molecule has 1 amide bonds. The van der Waals surface area contributed by atoms with Crippen molar-refractivity contribution in [2.75, 3.05) is 18.4 Å². The molecule has 148 valence electrons. The van der Waals surface area contributed by atoms with Gasteiger partial charge in [-0.3, -0.25) is 9.59 Å². The summed E-state index contributed by atoms with van der Waals surface area (Å²) in [6.45, 7) is 7.86. The Morgan fingerprint density at radius 3 is 2.32 bits per heavy atom. The molecule has 3 rings (SSSR count). The van der Waals surface area contributed by atoms with Gasteiger partial charge in [0.1, 0.15) is 13.1 Å². The molecule has 0 spiro atoms. The molecule has 0 unspecified atom stereocenters. The molecule has 0 saturated carbocycles. The van der Waals surface area contributed by atoms with Gasteiger partial charge < -0.3 is 15.5 Å². The molecule has 5 heteroatoms. The molecule has 5 nitrogen and oxygen atoms in total. The number of nitrogens with two attached hydrogens (primary N) is 1. The Morgan fingerprint density at radius 1 is 1.04 bits per heavy atom. The number of hydrogen-bond donors (Lipinski definition) is 3. The summed E-state index contributed by atoms with van der Waals surface area (Å²) in [6, 6.07) is 15.4. The monoisotopic (exact) mass is 381 g/mol. The number of carbonyl (C=O) groups is 2. The van der Waals surface area contributed by atoms with Crippen LogP contribution in [0.25, 0.3) is 0 Å². The number of benzene rings is 2. The van der Waals surface area contributed by atoms with Crippen molar-refractivity contribution in [3.8, 4) is 0 Å². The Kier molecular flexibility index (Phi) is 6.95. The highest BCUT2D eigenvalue weighted by atomic mass is 16.2. The van der Waals surface area contributed by atoms with Crippen molar-refractivity contribution >= 4 is 17.4 Å². The number of ketones is 1. The lowest BCUT2D eigenvalue weighted by Gasteiger charge is -2.16. The molecular formula is C23H31N3O2+2. The van der Waals surface area contributed by atoms with E-state index in [9.17, 15) is 9.59 Å². The van der Waals surface area contributed by atoms with Crippen LogP contribution in [0.3, 0.4) is 0 Å². The molecule has 0 aliphatic carbocycles. The second-order valence-corrected chi connectivity index (χ2v) is 7.75. The van der Waals surface area contributed by atoms with Crippen molar-refractivity contribution < 1.29 is 19.8 Å². The van der Waals surface area contributed by atoms with Gasteiger partial charge in [0.25, 0.3) is 5.91 Å². The van der Waals surface area contributed by atoms with Gasteiger partial charge in [-0.05, 0) is 38.1 Å². The summed E-state index contributed by atoms with van der Waals surface area (Å²) in [7, 11) is 0. The lowest BCUT2D eigenvalue weighted by Crippen LogP contribution is -3.08. The summed E-state index contributed by atoms with van der Waals surface area (Å²) >= 11 is 0. The fourth-order valence-electron chi connectivity index (χ4n) is 3.71. The van der Waals surface area contributed by atoms with Crippen LogP contribution >= 0.6 is 0 Å². The van der Waals surface area contributed by atoms with E-state index in [0.29, 0.717) is 11.3 Å². The zero-order valence-electron chi connectivity index (χ0n) is 16.8. The van der Waals surface area contributed by atoms with Crippen molar-refractivity contribution in [2.24, 2.45) is 0 Å². The summed E-state index contributed by atoms with van der Waals surface area (Å²) in [5.74, 6) is -0.00719. The molecule has 1 aliphatic heterocycles. The van der Waals surface area contributed by atoms with E-state index in [1.165, 1.54) is 44.0 Å². The summed E-state index contributed by atoms with van der Waals surface area (Å²) in [5, 5.41) is 5.01. The van der Waals surface area contributed by atoms with E-state index >= 15 is 0 Å². The van der Waals surface area contributed by atoms with Gasteiger partial charge in [-0.25, -0.2) is 0 Å². The van der Waals surface area contributed by atoms with Gasteiger partial charge in [0.05, 0.1) is 13.1 Å². The molecule has 2 aromatic carbocycles. The van der Waals surface area contributed by atoms with Crippen molar-refractivity contribution in [1.29, 1.82) is 0 Å². The van der Waals surface area contributed by atoms with Crippen LogP contribution in [-0.2, 0) is 17.9 Å². The quantitative estimate of drug-likeness (QED) is 0.601. The normalized spacial score (nSPS) is 15.4. The number of hydrogen-bond acceptors (Lipinski definition) is 2. The second kappa shape index (κ2) is 9.62. The molecule has 0 radical (unpaired) electrons. The third-order valence-electron chi connectivity index (χ3n) is 5.53. The minimum atomic E-state index is -0.195. The van der Waals surface area contributed by atoms with Gasteiger partial charge in [0.15, 0.2) is 11.8 Å². The fourth-order valence-corrected chi connectivity index (χ4v) is 3.71. The molecule has 4 N–H and O–H groups in total. The first-order chi connectivity index (χ1) is 13.5. The molecule has 1 atom stereocenters. The number of nitrogens with one attached hydrogen (secondary N) is 2. The largest absolute Gasteiger partial charge is 0.332 e. The lowest BCUT2D eigenvalue weighted by molar-refractivity contribution is -0.901. The van der Waals surface area contributed by atoms with Gasteiger partial charge in [-0.15, -0.1) is 0 Å². The zero-order valence-corrected chi connectivity index (χ0v) is 16.8. The van der Waals surface area contributed by atoms with E-state index in [1.807, 2.05) is 6.92 Å². The summed E-state index contributed by atoms with van der Waals surface area (Å²) in [4.78, 5) is 25.5. The number of Topliss-reactive ketones (excluding diaryl/α,β-unsaturated/α-hetero) is 1. The van der Waals surface area contributed by atoms with Crippen molar-refractivity contribution in [1.82, 2.24) is 0 Å². The van der Waals surface area contributed by atoms with Gasteiger partial charge >= 0.3 is 0 Å². The number of amides is 1. The summed E-state index contributed by atoms with van der Waals surface area (Å²) in [5.41, 5.74) is 4.07. The molecule has 1 aliphatic rings. The standard InChI is InChI=1S/C23H29N3O2/c1-17(23(28)25-22-11-9-19(10-12-22)18(2)27)24-15-20-7-3-4-8-21(20)16-26-13-5-6-14-26/h3-4,7-12,17,24H,5-6,13-16H2,1-2H3,(H,25,28)/p+2/t17-/m1/s1. The average Bonchev–Trinajstić information content (AvgIpc) is 3.20. The van der Waals surface area contributed by atoms with Crippen LogP contribution in [0.4, 0.5) is 5.69 Å². The summed E-state index contributed by atoms with van der Waals surface area (Å²) in [6.07, 6.45) is 2.66. The lowest BCUT2D eigenvalue weighted by atomic mass is 10.1. The van der Waals surface area contributed by atoms with Crippen LogP contribution in [-0.4, -0.2) is 30.8 Å². The predicted molar refractivity (Wildman–Crippen MR) is 110 cm³/mol. The molecule has 1 heterocycles. The van der Waals surface area contributed by atoms with E-state index in [0.717, 1.165) is 13.1 Å².